The van der Waals surface area contributed by atoms with Gasteiger partial charge in [0.05, 0.1) is 12.8 Å². The molecule has 2 aromatic rings. The number of fused-ring (bicyclic) bond motifs is 3. The van der Waals surface area contributed by atoms with Crippen molar-refractivity contribution in [1.29, 1.82) is 0 Å². The standard InChI is InChI=1S/C33H43BrN7O3/c1-23-18-24(6-7-28(23)34)19-30(31(42)39-16-14-38(15-17-39)26-8-11-35-12-9-26)37-32(43)41-13-10-27-20-33(41,44-27)40-21-25-4-2-3-5-29(25)36-22-40/h2-7,18,26-27,30,36H,8-17,19-22H2,1H3,(H,37,43)/t27?,30?,33-/m1/s1. The van der Waals surface area contributed by atoms with Gasteiger partial charge in [-0.3, -0.25) is 14.6 Å². The quantitative estimate of drug-likeness (QED) is 0.492. The summed E-state index contributed by atoms with van der Waals surface area (Å²) in [7, 11) is 0. The van der Waals surface area contributed by atoms with Crippen LogP contribution in [0.2, 0.25) is 0 Å². The van der Waals surface area contributed by atoms with Crippen LogP contribution in [-0.2, 0) is 22.5 Å². The number of benzene rings is 2. The summed E-state index contributed by atoms with van der Waals surface area (Å²) in [5.41, 5.74) is 4.44. The Kier molecular flexibility index (Phi) is 8.58. The van der Waals surface area contributed by atoms with Crippen LogP contribution in [-0.4, -0.2) is 108 Å². The van der Waals surface area contributed by atoms with E-state index in [1.54, 1.807) is 0 Å². The molecule has 1 radical (unpaired) electrons. The maximum Gasteiger partial charge on any atom is 0.321 e. The maximum absolute atomic E-state index is 14.2. The average molecular weight is 666 g/mol. The van der Waals surface area contributed by atoms with Crippen molar-refractivity contribution < 1.29 is 14.3 Å². The summed E-state index contributed by atoms with van der Waals surface area (Å²) in [6.07, 6.45) is 4.38. The van der Waals surface area contributed by atoms with Crippen LogP contribution in [0.1, 0.15) is 42.4 Å². The zero-order chi connectivity index (χ0) is 30.3. The van der Waals surface area contributed by atoms with Gasteiger partial charge in [-0.2, -0.15) is 0 Å². The lowest BCUT2D eigenvalue weighted by atomic mass is 9.93. The lowest BCUT2D eigenvalue weighted by Gasteiger charge is -2.62. The van der Waals surface area contributed by atoms with Crippen LogP contribution >= 0.6 is 15.9 Å². The summed E-state index contributed by atoms with van der Waals surface area (Å²) in [5.74, 6) is -0.822. The fourth-order valence-corrected chi connectivity index (χ4v) is 7.86. The minimum absolute atomic E-state index is 0.00996. The van der Waals surface area contributed by atoms with Gasteiger partial charge in [-0.15, -0.1) is 0 Å². The molecular formula is C33H43BrN7O3. The summed E-state index contributed by atoms with van der Waals surface area (Å²) in [6, 6.07) is 14.1. The van der Waals surface area contributed by atoms with Crippen molar-refractivity contribution in [2.24, 2.45) is 0 Å². The van der Waals surface area contributed by atoms with Crippen molar-refractivity contribution in [1.82, 2.24) is 30.2 Å². The second-order valence-electron chi connectivity index (χ2n) is 12.9. The largest absolute Gasteiger partial charge is 0.372 e. The van der Waals surface area contributed by atoms with Crippen LogP contribution in [0.3, 0.4) is 0 Å². The van der Waals surface area contributed by atoms with E-state index in [4.69, 9.17) is 4.74 Å². The van der Waals surface area contributed by atoms with Crippen LogP contribution in [0.15, 0.2) is 46.9 Å². The number of hydrogen-bond donors (Lipinski definition) is 2. The van der Waals surface area contributed by atoms with Crippen LogP contribution < -0.4 is 16.0 Å². The van der Waals surface area contributed by atoms with Crippen molar-refractivity contribution >= 4 is 33.6 Å². The van der Waals surface area contributed by atoms with Crippen LogP contribution in [0.5, 0.6) is 0 Å². The first kappa shape index (κ1) is 30.0. The van der Waals surface area contributed by atoms with Crippen molar-refractivity contribution in [2.75, 3.05) is 57.8 Å². The second-order valence-corrected chi connectivity index (χ2v) is 13.7. The number of nitrogens with one attached hydrogen (secondary N) is 2. The lowest BCUT2D eigenvalue weighted by molar-refractivity contribution is -0.365. The molecule has 0 spiro atoms. The zero-order valence-electron chi connectivity index (χ0n) is 25.5. The van der Waals surface area contributed by atoms with Gasteiger partial charge in [-0.05, 0) is 55.0 Å². The number of para-hydroxylation sites is 1. The molecule has 0 aliphatic carbocycles. The van der Waals surface area contributed by atoms with Crippen molar-refractivity contribution in [2.45, 2.75) is 69.6 Å². The highest BCUT2D eigenvalue weighted by molar-refractivity contribution is 9.10. The second kappa shape index (κ2) is 12.6. The van der Waals surface area contributed by atoms with E-state index in [1.165, 1.54) is 5.56 Å². The number of ether oxygens (including phenoxy) is 1. The number of piperazine rings is 1. The molecule has 2 N–H and O–H groups in total. The molecule has 0 saturated carbocycles. The highest BCUT2D eigenvalue weighted by atomic mass is 79.9. The van der Waals surface area contributed by atoms with Gasteiger partial charge in [0, 0.05) is 81.4 Å². The minimum atomic E-state index is -0.812. The molecule has 0 aromatic heterocycles. The van der Waals surface area contributed by atoms with Gasteiger partial charge in [0.2, 0.25) is 11.8 Å². The van der Waals surface area contributed by atoms with Gasteiger partial charge < -0.3 is 20.3 Å². The average Bonchev–Trinajstić information content (AvgIpc) is 3.05. The Hall–Kier alpha value is -2.70. The predicted octanol–water partition coefficient (Wildman–Crippen LogP) is 3.32. The Bertz CT molecular complexity index is 1370. The molecule has 44 heavy (non-hydrogen) atoms. The molecule has 10 nitrogen and oxygen atoms in total. The number of anilines is 1. The summed E-state index contributed by atoms with van der Waals surface area (Å²) in [6.45, 7) is 8.88. The third-order valence-electron chi connectivity index (χ3n) is 10.2. The smallest absolute Gasteiger partial charge is 0.321 e. The van der Waals surface area contributed by atoms with E-state index in [0.29, 0.717) is 45.3 Å². The third-order valence-corrected chi connectivity index (χ3v) is 11.1. The first-order valence-electron chi connectivity index (χ1n) is 16.1. The summed E-state index contributed by atoms with van der Waals surface area (Å²) in [4.78, 5) is 36.9. The van der Waals surface area contributed by atoms with Gasteiger partial charge in [-0.1, -0.05) is 46.3 Å². The molecule has 235 valence electrons. The number of rotatable bonds is 6. The summed E-state index contributed by atoms with van der Waals surface area (Å²) < 4.78 is 7.50. The maximum atomic E-state index is 14.2. The normalized spacial score (nSPS) is 26.7. The van der Waals surface area contributed by atoms with E-state index >= 15 is 0 Å². The first-order chi connectivity index (χ1) is 21.4. The van der Waals surface area contributed by atoms with Crippen molar-refractivity contribution in [3.63, 3.8) is 0 Å². The number of carbonyl (C=O) groups excluding carboxylic acids is 2. The number of piperidine rings is 2. The van der Waals surface area contributed by atoms with E-state index in [-0.39, 0.29) is 18.0 Å². The van der Waals surface area contributed by atoms with E-state index in [1.807, 2.05) is 41.0 Å². The molecule has 2 unspecified atom stereocenters. The SMILES string of the molecule is Cc1cc(CC(NC(=O)N2CCC3C[C@]2(N2CNc4ccccc4C2)O3)C(=O)N2CCN(C3CC[N]CC3)CC2)ccc1Br. The van der Waals surface area contributed by atoms with E-state index < -0.39 is 11.9 Å². The number of carbonyl (C=O) groups is 2. The van der Waals surface area contributed by atoms with Crippen molar-refractivity contribution in [3.8, 4) is 0 Å². The monoisotopic (exact) mass is 664 g/mol. The number of hydrogen-bond acceptors (Lipinski definition) is 6. The molecule has 3 amide bonds. The third kappa shape index (κ3) is 5.85. The Balaban J connectivity index is 1.08. The van der Waals surface area contributed by atoms with Crippen LogP contribution in [0.25, 0.3) is 0 Å². The molecule has 2 bridgehead atoms. The van der Waals surface area contributed by atoms with Gasteiger partial charge in [-0.25, -0.2) is 15.0 Å². The fourth-order valence-electron chi connectivity index (χ4n) is 7.62. The highest BCUT2D eigenvalue weighted by Gasteiger charge is 2.60. The molecule has 5 saturated heterocycles. The summed E-state index contributed by atoms with van der Waals surface area (Å²) in [5, 5.41) is 11.2. The van der Waals surface area contributed by atoms with Crippen LogP contribution in [0, 0.1) is 6.92 Å². The number of nitrogens with zero attached hydrogens (tertiary/aromatic N) is 5. The Labute approximate surface area is 268 Å². The summed E-state index contributed by atoms with van der Waals surface area (Å²) >= 11 is 3.60. The van der Waals surface area contributed by atoms with Gasteiger partial charge >= 0.3 is 6.03 Å². The fraction of sp³-hybridized carbons (Fsp3) is 0.576. The predicted molar refractivity (Wildman–Crippen MR) is 172 cm³/mol. The Morgan fingerprint density at radius 2 is 1.86 bits per heavy atom. The minimum Gasteiger partial charge on any atom is -0.372 e. The lowest BCUT2D eigenvalue weighted by Crippen LogP contribution is -2.77. The Morgan fingerprint density at radius 1 is 1.09 bits per heavy atom. The number of aryl methyl sites for hydroxylation is 1. The molecule has 2 aromatic carbocycles. The molecule has 6 aliphatic rings. The van der Waals surface area contributed by atoms with E-state index in [9.17, 15) is 9.59 Å². The molecule has 3 atom stereocenters. The van der Waals surface area contributed by atoms with E-state index in [0.717, 1.165) is 73.1 Å². The first-order valence-corrected chi connectivity index (χ1v) is 16.9. The van der Waals surface area contributed by atoms with Crippen molar-refractivity contribution in [3.05, 3.63) is 63.6 Å². The number of halogens is 1. The van der Waals surface area contributed by atoms with Gasteiger partial charge in [0.15, 0.2) is 0 Å². The Morgan fingerprint density at radius 3 is 2.64 bits per heavy atom. The van der Waals surface area contributed by atoms with E-state index in [2.05, 4.69) is 59.9 Å². The number of amides is 3. The molecular weight excluding hydrogens is 622 g/mol. The van der Waals surface area contributed by atoms with Gasteiger partial charge in [0.25, 0.3) is 0 Å². The zero-order valence-corrected chi connectivity index (χ0v) is 27.1. The molecule has 6 heterocycles. The topological polar surface area (TPSA) is 94.5 Å². The molecule has 8 rings (SSSR count). The molecule has 5 fully saturated rings. The molecule has 11 heteroatoms. The molecule has 6 aliphatic heterocycles. The highest BCUT2D eigenvalue weighted by Crippen LogP contribution is 2.46. The number of urea groups is 1. The van der Waals surface area contributed by atoms with Gasteiger partial charge in [0.1, 0.15) is 6.04 Å². The van der Waals surface area contributed by atoms with Crippen LogP contribution in [0.4, 0.5) is 10.5 Å².